The highest BCUT2D eigenvalue weighted by Gasteiger charge is 2.08. The van der Waals surface area contributed by atoms with Crippen molar-refractivity contribution >= 4 is 18.3 Å². The SMILES string of the molecule is C=C(C)C(=O)Oc1ccc(-c2ccc(/C=C(\C)C=O)c(OCCC)c2)cc1. The molecule has 2 aromatic rings. The van der Waals surface area contributed by atoms with Crippen LogP contribution >= 0.6 is 0 Å². The molecule has 2 aromatic carbocycles. The molecule has 0 aromatic heterocycles. The van der Waals surface area contributed by atoms with Crippen LogP contribution in [0.15, 0.2) is 60.2 Å². The summed E-state index contributed by atoms with van der Waals surface area (Å²) in [6.45, 7) is 9.58. The molecule has 0 aliphatic heterocycles. The van der Waals surface area contributed by atoms with Crippen molar-refractivity contribution < 1.29 is 19.1 Å². The molecule has 4 nitrogen and oxygen atoms in total. The molecule has 2 rings (SSSR count). The first-order chi connectivity index (χ1) is 12.9. The molecule has 0 aliphatic rings. The summed E-state index contributed by atoms with van der Waals surface area (Å²) in [6, 6.07) is 13.1. The lowest BCUT2D eigenvalue weighted by molar-refractivity contribution is -0.130. The number of rotatable bonds is 8. The number of aldehydes is 1. The number of hydrogen-bond donors (Lipinski definition) is 0. The summed E-state index contributed by atoms with van der Waals surface area (Å²) >= 11 is 0. The van der Waals surface area contributed by atoms with Crippen LogP contribution in [-0.2, 0) is 9.59 Å². The van der Waals surface area contributed by atoms with Crippen molar-refractivity contribution in [1.82, 2.24) is 0 Å². The molecule has 0 N–H and O–H groups in total. The highest BCUT2D eigenvalue weighted by atomic mass is 16.5. The predicted octanol–water partition coefficient (Wildman–Crippen LogP) is 5.23. The smallest absolute Gasteiger partial charge is 0.338 e. The van der Waals surface area contributed by atoms with Gasteiger partial charge in [-0.1, -0.05) is 37.8 Å². The lowest BCUT2D eigenvalue weighted by atomic mass is 10.0. The van der Waals surface area contributed by atoms with Gasteiger partial charge >= 0.3 is 5.97 Å². The summed E-state index contributed by atoms with van der Waals surface area (Å²) in [5, 5.41) is 0. The zero-order valence-electron chi connectivity index (χ0n) is 16.0. The first kappa shape index (κ1) is 20.2. The Balaban J connectivity index is 2.30. The standard InChI is InChI=1S/C23H24O4/c1-5-12-26-22-14-19(6-7-20(22)13-17(4)15-24)18-8-10-21(11-9-18)27-23(25)16(2)3/h6-11,13-15H,2,5,12H2,1,3-4H3/b17-13+. The van der Waals surface area contributed by atoms with Crippen LogP contribution in [0.3, 0.4) is 0 Å². The zero-order valence-corrected chi connectivity index (χ0v) is 16.0. The third-order valence-corrected chi connectivity index (χ3v) is 3.79. The van der Waals surface area contributed by atoms with Crippen molar-refractivity contribution in [2.45, 2.75) is 27.2 Å². The van der Waals surface area contributed by atoms with E-state index in [4.69, 9.17) is 9.47 Å². The Labute approximate surface area is 160 Å². The maximum atomic E-state index is 11.6. The van der Waals surface area contributed by atoms with Gasteiger partial charge in [0.2, 0.25) is 0 Å². The topological polar surface area (TPSA) is 52.6 Å². The minimum atomic E-state index is -0.445. The monoisotopic (exact) mass is 364 g/mol. The minimum Gasteiger partial charge on any atom is -0.493 e. The van der Waals surface area contributed by atoms with Gasteiger partial charge in [0.05, 0.1) is 6.61 Å². The molecule has 140 valence electrons. The minimum absolute atomic E-state index is 0.353. The number of esters is 1. The normalized spacial score (nSPS) is 11.0. The van der Waals surface area contributed by atoms with E-state index in [0.717, 1.165) is 35.1 Å². The second-order valence-corrected chi connectivity index (χ2v) is 6.30. The fraction of sp³-hybridized carbons (Fsp3) is 0.217. The van der Waals surface area contributed by atoms with Gasteiger partial charge in [-0.15, -0.1) is 0 Å². The molecule has 0 atom stereocenters. The van der Waals surface area contributed by atoms with Crippen LogP contribution < -0.4 is 9.47 Å². The molecule has 0 heterocycles. The highest BCUT2D eigenvalue weighted by molar-refractivity contribution is 5.88. The van der Waals surface area contributed by atoms with E-state index in [2.05, 4.69) is 6.58 Å². The number of benzene rings is 2. The van der Waals surface area contributed by atoms with E-state index < -0.39 is 5.97 Å². The quantitative estimate of drug-likeness (QED) is 0.279. The van der Waals surface area contributed by atoms with Crippen molar-refractivity contribution in [3.8, 4) is 22.6 Å². The predicted molar refractivity (Wildman–Crippen MR) is 108 cm³/mol. The molecule has 4 heteroatoms. The number of allylic oxidation sites excluding steroid dienone is 1. The number of carbonyl (C=O) groups excluding carboxylic acids is 2. The van der Waals surface area contributed by atoms with Crippen LogP contribution in [0, 0.1) is 0 Å². The molecule has 0 bridgehead atoms. The van der Waals surface area contributed by atoms with Crippen molar-refractivity contribution in [3.05, 3.63) is 65.8 Å². The maximum absolute atomic E-state index is 11.6. The van der Waals surface area contributed by atoms with Crippen molar-refractivity contribution in [2.75, 3.05) is 6.61 Å². The fourth-order valence-electron chi connectivity index (χ4n) is 2.36. The maximum Gasteiger partial charge on any atom is 0.338 e. The van der Waals surface area contributed by atoms with Crippen LogP contribution in [0.25, 0.3) is 17.2 Å². The summed E-state index contributed by atoms with van der Waals surface area (Å²) in [7, 11) is 0. The van der Waals surface area contributed by atoms with Crippen LogP contribution in [0.4, 0.5) is 0 Å². The van der Waals surface area contributed by atoms with Gasteiger partial charge in [-0.3, -0.25) is 4.79 Å². The highest BCUT2D eigenvalue weighted by Crippen LogP contribution is 2.30. The average molecular weight is 364 g/mol. The Morgan fingerprint density at radius 2 is 1.74 bits per heavy atom. The Bertz CT molecular complexity index is 860. The van der Waals surface area contributed by atoms with Crippen molar-refractivity contribution in [1.29, 1.82) is 0 Å². The Morgan fingerprint density at radius 3 is 2.33 bits per heavy atom. The van der Waals surface area contributed by atoms with Gasteiger partial charge in [0, 0.05) is 11.1 Å². The fourth-order valence-corrected chi connectivity index (χ4v) is 2.36. The van der Waals surface area contributed by atoms with E-state index in [1.54, 1.807) is 26.0 Å². The largest absolute Gasteiger partial charge is 0.493 e. The molecule has 0 radical (unpaired) electrons. The van der Waals surface area contributed by atoms with Crippen LogP contribution in [0.5, 0.6) is 11.5 Å². The number of hydrogen-bond acceptors (Lipinski definition) is 4. The van der Waals surface area contributed by atoms with Gasteiger partial charge in [-0.25, -0.2) is 4.79 Å². The molecule has 27 heavy (non-hydrogen) atoms. The summed E-state index contributed by atoms with van der Waals surface area (Å²) in [6.07, 6.45) is 3.52. The van der Waals surface area contributed by atoms with E-state index in [1.807, 2.05) is 43.3 Å². The van der Waals surface area contributed by atoms with E-state index >= 15 is 0 Å². The molecule has 0 spiro atoms. The van der Waals surface area contributed by atoms with Gasteiger partial charge in [-0.2, -0.15) is 0 Å². The van der Waals surface area contributed by atoms with E-state index in [0.29, 0.717) is 23.5 Å². The van der Waals surface area contributed by atoms with Gasteiger partial charge < -0.3 is 9.47 Å². The second kappa shape index (κ2) is 9.53. The van der Waals surface area contributed by atoms with Crippen molar-refractivity contribution in [2.24, 2.45) is 0 Å². The molecule has 0 saturated carbocycles. The summed E-state index contributed by atoms with van der Waals surface area (Å²) in [5.74, 6) is 0.753. The van der Waals surface area contributed by atoms with Crippen LogP contribution in [0.2, 0.25) is 0 Å². The molecular formula is C23H24O4. The number of carbonyl (C=O) groups is 2. The van der Waals surface area contributed by atoms with E-state index in [9.17, 15) is 9.59 Å². The second-order valence-electron chi connectivity index (χ2n) is 6.30. The summed E-state index contributed by atoms with van der Waals surface area (Å²) < 4.78 is 11.1. The van der Waals surface area contributed by atoms with Crippen LogP contribution in [0.1, 0.15) is 32.8 Å². The van der Waals surface area contributed by atoms with Crippen molar-refractivity contribution in [3.63, 3.8) is 0 Å². The van der Waals surface area contributed by atoms with E-state index in [1.165, 1.54) is 0 Å². The average Bonchev–Trinajstić information content (AvgIpc) is 2.67. The van der Waals surface area contributed by atoms with Gasteiger partial charge in [-0.05, 0) is 61.2 Å². The van der Waals surface area contributed by atoms with E-state index in [-0.39, 0.29) is 0 Å². The molecular weight excluding hydrogens is 340 g/mol. The summed E-state index contributed by atoms with van der Waals surface area (Å²) in [4.78, 5) is 22.5. The first-order valence-electron chi connectivity index (χ1n) is 8.83. The zero-order chi connectivity index (χ0) is 19.8. The lowest BCUT2D eigenvalue weighted by Crippen LogP contribution is -2.07. The van der Waals surface area contributed by atoms with Crippen LogP contribution in [-0.4, -0.2) is 18.9 Å². The Morgan fingerprint density at radius 1 is 1.07 bits per heavy atom. The van der Waals surface area contributed by atoms with Gasteiger partial charge in [0.1, 0.15) is 17.8 Å². The molecule has 0 unspecified atom stereocenters. The van der Waals surface area contributed by atoms with Gasteiger partial charge in [0.15, 0.2) is 0 Å². The molecule has 0 fully saturated rings. The lowest BCUT2D eigenvalue weighted by Gasteiger charge is -2.12. The molecule has 0 amide bonds. The molecule has 0 saturated heterocycles. The Kier molecular flexibility index (Phi) is 7.12. The first-order valence-corrected chi connectivity index (χ1v) is 8.83. The third-order valence-electron chi connectivity index (χ3n) is 3.79. The molecule has 0 aliphatic carbocycles. The summed E-state index contributed by atoms with van der Waals surface area (Å²) in [5.41, 5.74) is 3.79. The Hall–Kier alpha value is -3.14. The third kappa shape index (κ3) is 5.68. The van der Waals surface area contributed by atoms with Gasteiger partial charge in [0.25, 0.3) is 0 Å². The number of ether oxygens (including phenoxy) is 2.